The molecule has 110 valence electrons. The molecule has 2 rings (SSSR count). The number of carbonyl (C=O) groups is 1. The fraction of sp³-hybridized carbons (Fsp3) is 0.933. The minimum Gasteiger partial charge on any atom is -0.340 e. The summed E-state index contributed by atoms with van der Waals surface area (Å²) in [6.07, 6.45) is 6.05. The zero-order valence-electron chi connectivity index (χ0n) is 12.5. The summed E-state index contributed by atoms with van der Waals surface area (Å²) in [5.41, 5.74) is 0. The van der Waals surface area contributed by atoms with Gasteiger partial charge in [-0.2, -0.15) is 0 Å². The lowest BCUT2D eigenvalue weighted by Gasteiger charge is -2.34. The number of carbonyl (C=O) groups excluding carboxylic acids is 1. The highest BCUT2D eigenvalue weighted by Crippen LogP contribution is 2.25. The maximum atomic E-state index is 12.2. The van der Waals surface area contributed by atoms with Gasteiger partial charge in [0.2, 0.25) is 5.91 Å². The second-order valence-corrected chi connectivity index (χ2v) is 6.15. The van der Waals surface area contributed by atoms with E-state index in [2.05, 4.69) is 24.1 Å². The number of hydrogen-bond acceptors (Lipinski definition) is 3. The molecule has 0 unspecified atom stereocenters. The standard InChI is InChI=1S/C15H29N3O/c1-13(2)18(14-5-3-4-6-14)10-7-15(19)17-11-8-16-9-12-17/h13-14,16H,3-12H2,1-2H3. The van der Waals surface area contributed by atoms with Crippen LogP contribution in [0.5, 0.6) is 0 Å². The molecule has 0 bridgehead atoms. The van der Waals surface area contributed by atoms with Gasteiger partial charge in [-0.25, -0.2) is 0 Å². The molecule has 0 atom stereocenters. The first-order valence-corrected chi connectivity index (χ1v) is 7.92. The van der Waals surface area contributed by atoms with E-state index in [0.29, 0.717) is 18.4 Å². The maximum absolute atomic E-state index is 12.2. The van der Waals surface area contributed by atoms with Crippen molar-refractivity contribution in [2.75, 3.05) is 32.7 Å². The molecule has 0 spiro atoms. The van der Waals surface area contributed by atoms with Crippen LogP contribution in [0.25, 0.3) is 0 Å². The Balaban J connectivity index is 1.79. The lowest BCUT2D eigenvalue weighted by molar-refractivity contribution is -0.132. The number of amides is 1. The van der Waals surface area contributed by atoms with Crippen LogP contribution in [0.1, 0.15) is 46.0 Å². The highest BCUT2D eigenvalue weighted by molar-refractivity contribution is 5.76. The van der Waals surface area contributed by atoms with Gasteiger partial charge in [0.1, 0.15) is 0 Å². The molecule has 2 aliphatic rings. The number of nitrogens with zero attached hydrogens (tertiary/aromatic N) is 2. The van der Waals surface area contributed by atoms with Crippen molar-refractivity contribution in [2.24, 2.45) is 0 Å². The molecule has 0 radical (unpaired) electrons. The molecule has 4 heteroatoms. The van der Waals surface area contributed by atoms with Crippen LogP contribution in [0, 0.1) is 0 Å². The van der Waals surface area contributed by atoms with Crippen molar-refractivity contribution in [2.45, 2.75) is 58.0 Å². The summed E-state index contributed by atoms with van der Waals surface area (Å²) in [5.74, 6) is 0.338. The topological polar surface area (TPSA) is 35.6 Å². The van der Waals surface area contributed by atoms with Crippen LogP contribution in [-0.4, -0.2) is 60.5 Å². The van der Waals surface area contributed by atoms with Crippen molar-refractivity contribution < 1.29 is 4.79 Å². The summed E-state index contributed by atoms with van der Waals surface area (Å²) in [7, 11) is 0. The molecule has 1 saturated heterocycles. The van der Waals surface area contributed by atoms with Crippen molar-refractivity contribution in [3.8, 4) is 0 Å². The smallest absolute Gasteiger partial charge is 0.223 e. The quantitative estimate of drug-likeness (QED) is 0.819. The molecule has 1 heterocycles. The third kappa shape index (κ3) is 4.18. The van der Waals surface area contributed by atoms with Crippen LogP contribution in [-0.2, 0) is 4.79 Å². The first-order chi connectivity index (χ1) is 9.18. The summed E-state index contributed by atoms with van der Waals surface area (Å²) in [6, 6.07) is 1.27. The van der Waals surface area contributed by atoms with Crippen LogP contribution in [0.3, 0.4) is 0 Å². The second kappa shape index (κ2) is 7.25. The Labute approximate surface area is 117 Å². The molecule has 1 N–H and O–H groups in total. The fourth-order valence-electron chi connectivity index (χ4n) is 3.40. The highest BCUT2D eigenvalue weighted by atomic mass is 16.2. The van der Waals surface area contributed by atoms with Gasteiger partial charge in [-0.15, -0.1) is 0 Å². The average molecular weight is 267 g/mol. The molecule has 1 saturated carbocycles. The Hall–Kier alpha value is -0.610. The van der Waals surface area contributed by atoms with Gasteiger partial charge in [-0.05, 0) is 26.7 Å². The van der Waals surface area contributed by atoms with Gasteiger partial charge in [-0.3, -0.25) is 9.69 Å². The molecule has 2 fully saturated rings. The van der Waals surface area contributed by atoms with E-state index in [1.807, 2.05) is 4.90 Å². The summed E-state index contributed by atoms with van der Waals surface area (Å²) in [4.78, 5) is 16.8. The maximum Gasteiger partial charge on any atom is 0.223 e. The van der Waals surface area contributed by atoms with Crippen LogP contribution >= 0.6 is 0 Å². The number of piperazine rings is 1. The van der Waals surface area contributed by atoms with E-state index in [0.717, 1.165) is 38.8 Å². The van der Waals surface area contributed by atoms with E-state index in [9.17, 15) is 4.79 Å². The van der Waals surface area contributed by atoms with Gasteiger partial charge in [0, 0.05) is 51.2 Å². The van der Waals surface area contributed by atoms with Crippen LogP contribution in [0.2, 0.25) is 0 Å². The van der Waals surface area contributed by atoms with E-state index in [-0.39, 0.29) is 0 Å². The van der Waals surface area contributed by atoms with Gasteiger partial charge >= 0.3 is 0 Å². The molecule has 0 aromatic heterocycles. The van der Waals surface area contributed by atoms with E-state index in [1.165, 1.54) is 25.7 Å². The molecule has 0 aromatic carbocycles. The first kappa shape index (κ1) is 14.8. The molecule has 4 nitrogen and oxygen atoms in total. The second-order valence-electron chi connectivity index (χ2n) is 6.15. The normalized spacial score (nSPS) is 21.6. The minimum atomic E-state index is 0.338. The van der Waals surface area contributed by atoms with Gasteiger partial charge in [0.25, 0.3) is 0 Å². The molecule has 1 aliphatic heterocycles. The Kier molecular flexibility index (Phi) is 5.64. The number of nitrogens with one attached hydrogen (secondary N) is 1. The van der Waals surface area contributed by atoms with Gasteiger partial charge in [0.15, 0.2) is 0 Å². The third-order valence-electron chi connectivity index (χ3n) is 4.51. The summed E-state index contributed by atoms with van der Waals surface area (Å²) >= 11 is 0. The van der Waals surface area contributed by atoms with Crippen molar-refractivity contribution in [3.63, 3.8) is 0 Å². The van der Waals surface area contributed by atoms with Crippen molar-refractivity contribution in [3.05, 3.63) is 0 Å². The largest absolute Gasteiger partial charge is 0.340 e. The Morgan fingerprint density at radius 1 is 1.26 bits per heavy atom. The summed E-state index contributed by atoms with van der Waals surface area (Å²) in [6.45, 7) is 9.10. The minimum absolute atomic E-state index is 0.338. The van der Waals surface area contributed by atoms with E-state index in [1.54, 1.807) is 0 Å². The first-order valence-electron chi connectivity index (χ1n) is 7.92. The zero-order chi connectivity index (χ0) is 13.7. The molecular formula is C15H29N3O. The Morgan fingerprint density at radius 2 is 1.89 bits per heavy atom. The molecule has 0 aromatic rings. The van der Waals surface area contributed by atoms with Crippen molar-refractivity contribution in [1.29, 1.82) is 0 Å². The molecule has 1 aliphatic carbocycles. The average Bonchev–Trinajstić information content (AvgIpc) is 2.93. The molecular weight excluding hydrogens is 238 g/mol. The van der Waals surface area contributed by atoms with E-state index >= 15 is 0 Å². The third-order valence-corrected chi connectivity index (χ3v) is 4.51. The fourth-order valence-corrected chi connectivity index (χ4v) is 3.40. The lowest BCUT2D eigenvalue weighted by atomic mass is 10.1. The van der Waals surface area contributed by atoms with E-state index < -0.39 is 0 Å². The predicted octanol–water partition coefficient (Wildman–Crippen LogP) is 1.46. The lowest BCUT2D eigenvalue weighted by Crippen LogP contribution is -2.48. The SMILES string of the molecule is CC(C)N(CCC(=O)N1CCNCC1)C1CCCC1. The monoisotopic (exact) mass is 267 g/mol. The van der Waals surface area contributed by atoms with Crippen molar-refractivity contribution in [1.82, 2.24) is 15.1 Å². The highest BCUT2D eigenvalue weighted by Gasteiger charge is 2.25. The number of hydrogen-bond donors (Lipinski definition) is 1. The zero-order valence-corrected chi connectivity index (χ0v) is 12.5. The summed E-state index contributed by atoms with van der Waals surface area (Å²) < 4.78 is 0. The molecule has 19 heavy (non-hydrogen) atoms. The van der Waals surface area contributed by atoms with Gasteiger partial charge in [0.05, 0.1) is 0 Å². The van der Waals surface area contributed by atoms with E-state index in [4.69, 9.17) is 0 Å². The van der Waals surface area contributed by atoms with Crippen LogP contribution < -0.4 is 5.32 Å². The Morgan fingerprint density at radius 3 is 2.47 bits per heavy atom. The van der Waals surface area contributed by atoms with Gasteiger partial charge in [-0.1, -0.05) is 12.8 Å². The van der Waals surface area contributed by atoms with Crippen LogP contribution in [0.15, 0.2) is 0 Å². The summed E-state index contributed by atoms with van der Waals surface area (Å²) in [5, 5.41) is 3.29. The Bertz CT molecular complexity index is 281. The molecule has 1 amide bonds. The van der Waals surface area contributed by atoms with Gasteiger partial charge < -0.3 is 10.2 Å². The van der Waals surface area contributed by atoms with Crippen molar-refractivity contribution >= 4 is 5.91 Å². The number of rotatable bonds is 5. The predicted molar refractivity (Wildman–Crippen MR) is 78.2 cm³/mol. The van der Waals surface area contributed by atoms with Crippen LogP contribution in [0.4, 0.5) is 0 Å².